The average Bonchev–Trinajstić information content (AvgIpc) is 3.34. The fourth-order valence-electron chi connectivity index (χ4n) is 4.71. The molecule has 6 atom stereocenters. The Labute approximate surface area is 197 Å². The summed E-state index contributed by atoms with van der Waals surface area (Å²) in [6, 6.07) is 2.84. The highest BCUT2D eigenvalue weighted by Gasteiger charge is 2.54. The normalized spacial score (nSPS) is 31.2. The van der Waals surface area contributed by atoms with Crippen molar-refractivity contribution in [1.29, 1.82) is 0 Å². The van der Waals surface area contributed by atoms with Crippen LogP contribution in [0.25, 0.3) is 0 Å². The van der Waals surface area contributed by atoms with E-state index in [0.717, 1.165) is 12.1 Å². The van der Waals surface area contributed by atoms with Crippen molar-refractivity contribution in [2.24, 2.45) is 0 Å². The maximum Gasteiger partial charge on any atom is 0.353 e. The summed E-state index contributed by atoms with van der Waals surface area (Å²) >= 11 is 6.07. The van der Waals surface area contributed by atoms with E-state index in [4.69, 9.17) is 21.1 Å². The molecule has 1 aromatic carbocycles. The lowest BCUT2D eigenvalue weighted by Gasteiger charge is -2.23. The lowest BCUT2D eigenvalue weighted by atomic mass is 10.1. The Morgan fingerprint density at radius 3 is 2.41 bits per heavy atom. The van der Waals surface area contributed by atoms with Crippen molar-refractivity contribution >= 4 is 28.9 Å². The molecule has 3 fully saturated rings. The van der Waals surface area contributed by atoms with Crippen LogP contribution in [0.15, 0.2) is 18.2 Å². The van der Waals surface area contributed by atoms with Crippen LogP contribution in [0.3, 0.4) is 0 Å². The van der Waals surface area contributed by atoms with Crippen molar-refractivity contribution in [1.82, 2.24) is 9.97 Å². The van der Waals surface area contributed by atoms with E-state index < -0.39 is 52.4 Å². The first-order chi connectivity index (χ1) is 16.0. The molecule has 13 heteroatoms. The highest BCUT2D eigenvalue weighted by molar-refractivity contribution is 6.28. The number of benzene rings is 1. The van der Waals surface area contributed by atoms with Crippen LogP contribution < -0.4 is 10.6 Å². The van der Waals surface area contributed by atoms with E-state index in [1.165, 1.54) is 6.07 Å². The zero-order chi connectivity index (χ0) is 24.4. The van der Waals surface area contributed by atoms with Crippen LogP contribution in [0.1, 0.15) is 38.2 Å². The average molecular weight is 498 g/mol. The van der Waals surface area contributed by atoms with Crippen molar-refractivity contribution in [2.75, 3.05) is 10.6 Å². The van der Waals surface area contributed by atoms with Crippen LogP contribution in [0.2, 0.25) is 5.28 Å². The van der Waals surface area contributed by atoms with Crippen molar-refractivity contribution in [3.63, 3.8) is 0 Å². The third kappa shape index (κ3) is 4.26. The molecule has 0 spiro atoms. The standard InChI is InChI=1S/C21H22ClF2N5O5/c1-21(2)33-16-13(7-14(30)17(16)34-21)26-19-15(29(31)32)18(27-20(22)28-19)25-12-6-9(12)8-3-4-10(23)11(24)5-8/h3-5,9,12-14,16-17,30H,6-7H2,1-2H3,(H2,25,26,27,28)/t9-,12+,13+,14?,16-,17+/m0/s1. The Morgan fingerprint density at radius 1 is 1.12 bits per heavy atom. The zero-order valence-electron chi connectivity index (χ0n) is 18.2. The van der Waals surface area contributed by atoms with E-state index in [9.17, 15) is 24.0 Å². The van der Waals surface area contributed by atoms with Crippen LogP contribution in [0.5, 0.6) is 0 Å². The number of hydrogen-bond donors (Lipinski definition) is 3. The molecule has 2 saturated carbocycles. The number of nitro groups is 1. The molecule has 1 unspecified atom stereocenters. The maximum absolute atomic E-state index is 13.6. The Balaban J connectivity index is 1.38. The number of nitrogens with one attached hydrogen (secondary N) is 2. The third-order valence-electron chi connectivity index (χ3n) is 6.28. The Hall–Kier alpha value is -2.67. The number of nitrogens with zero attached hydrogens (tertiary/aromatic N) is 3. The fourth-order valence-corrected chi connectivity index (χ4v) is 4.88. The Morgan fingerprint density at radius 2 is 1.76 bits per heavy atom. The molecule has 0 bridgehead atoms. The quantitative estimate of drug-likeness (QED) is 0.312. The number of anilines is 2. The van der Waals surface area contributed by atoms with Gasteiger partial charge in [-0.25, -0.2) is 8.78 Å². The molecular weight excluding hydrogens is 476 g/mol. The van der Waals surface area contributed by atoms with Crippen LogP contribution in [0.4, 0.5) is 26.1 Å². The van der Waals surface area contributed by atoms with Gasteiger partial charge in [0.1, 0.15) is 12.2 Å². The highest BCUT2D eigenvalue weighted by atomic mass is 35.5. The minimum absolute atomic E-state index is 0.0957. The second-order valence-corrected chi connectivity index (χ2v) is 9.52. The van der Waals surface area contributed by atoms with Gasteiger partial charge in [-0.3, -0.25) is 10.1 Å². The molecule has 2 heterocycles. The van der Waals surface area contributed by atoms with Gasteiger partial charge in [-0.15, -0.1) is 0 Å². The third-order valence-corrected chi connectivity index (χ3v) is 6.45. The van der Waals surface area contributed by atoms with E-state index in [-0.39, 0.29) is 35.3 Å². The molecule has 2 aromatic rings. The number of aliphatic hydroxyl groups is 1. The van der Waals surface area contributed by atoms with E-state index >= 15 is 0 Å². The van der Waals surface area contributed by atoms with Gasteiger partial charge in [0.25, 0.3) is 0 Å². The van der Waals surface area contributed by atoms with Crippen molar-refractivity contribution < 1.29 is 28.3 Å². The molecule has 3 aliphatic rings. The first-order valence-corrected chi connectivity index (χ1v) is 11.1. The number of rotatable bonds is 6. The molecule has 182 valence electrons. The molecule has 2 aliphatic carbocycles. The van der Waals surface area contributed by atoms with Gasteiger partial charge < -0.3 is 25.2 Å². The van der Waals surface area contributed by atoms with Gasteiger partial charge >= 0.3 is 5.69 Å². The summed E-state index contributed by atoms with van der Waals surface area (Å²) in [4.78, 5) is 19.3. The minimum atomic E-state index is -0.955. The molecule has 1 saturated heterocycles. The molecule has 34 heavy (non-hydrogen) atoms. The van der Waals surface area contributed by atoms with Gasteiger partial charge in [-0.1, -0.05) is 6.07 Å². The Bertz CT molecular complexity index is 1150. The first-order valence-electron chi connectivity index (χ1n) is 10.8. The van der Waals surface area contributed by atoms with E-state index in [1.54, 1.807) is 13.8 Å². The summed E-state index contributed by atoms with van der Waals surface area (Å²) < 4.78 is 38.4. The second kappa shape index (κ2) is 8.22. The van der Waals surface area contributed by atoms with Gasteiger partial charge in [0.15, 0.2) is 17.4 Å². The molecule has 0 amide bonds. The monoisotopic (exact) mass is 497 g/mol. The molecule has 1 aromatic heterocycles. The molecular formula is C21H22ClF2N5O5. The van der Waals surface area contributed by atoms with Gasteiger partial charge in [0.05, 0.1) is 17.1 Å². The van der Waals surface area contributed by atoms with E-state index in [0.29, 0.717) is 12.0 Å². The fraction of sp³-hybridized carbons (Fsp3) is 0.524. The van der Waals surface area contributed by atoms with Crippen molar-refractivity contribution in [2.45, 2.75) is 68.8 Å². The summed E-state index contributed by atoms with van der Waals surface area (Å²) in [5, 5.41) is 28.1. The van der Waals surface area contributed by atoms with Crippen LogP contribution in [0, 0.1) is 21.7 Å². The van der Waals surface area contributed by atoms with Gasteiger partial charge in [-0.2, -0.15) is 9.97 Å². The zero-order valence-corrected chi connectivity index (χ0v) is 18.9. The summed E-state index contributed by atoms with van der Waals surface area (Å²) in [6.45, 7) is 3.44. The van der Waals surface area contributed by atoms with E-state index in [2.05, 4.69) is 20.6 Å². The number of ether oxygens (including phenoxy) is 2. The van der Waals surface area contributed by atoms with Crippen molar-refractivity contribution in [3.05, 3.63) is 50.8 Å². The molecule has 5 rings (SSSR count). The van der Waals surface area contributed by atoms with Gasteiger partial charge in [0, 0.05) is 12.0 Å². The number of hydrogen-bond acceptors (Lipinski definition) is 9. The molecule has 3 N–H and O–H groups in total. The lowest BCUT2D eigenvalue weighted by Crippen LogP contribution is -2.35. The molecule has 0 radical (unpaired) electrons. The second-order valence-electron chi connectivity index (χ2n) is 9.18. The maximum atomic E-state index is 13.6. The first kappa shape index (κ1) is 23.1. The SMILES string of the molecule is CC1(C)O[C@@H]2[C@H](O1)C(O)C[C@H]2Nc1nc(Cl)nc(N[C@@H]2C[C@H]2c2ccc(F)c(F)c2)c1[N+](=O)[O-]. The predicted octanol–water partition coefficient (Wildman–Crippen LogP) is 3.35. The highest BCUT2D eigenvalue weighted by Crippen LogP contribution is 2.45. The largest absolute Gasteiger partial charge is 0.390 e. The molecule has 1 aliphatic heterocycles. The van der Waals surface area contributed by atoms with Crippen LogP contribution in [-0.4, -0.2) is 56.2 Å². The molecule has 10 nitrogen and oxygen atoms in total. The predicted molar refractivity (Wildman–Crippen MR) is 117 cm³/mol. The smallest absolute Gasteiger partial charge is 0.353 e. The topological polar surface area (TPSA) is 132 Å². The summed E-state index contributed by atoms with van der Waals surface area (Å²) in [5.74, 6) is -3.19. The van der Waals surface area contributed by atoms with Gasteiger partial charge in [-0.05, 0) is 56.0 Å². The van der Waals surface area contributed by atoms with Crippen molar-refractivity contribution in [3.8, 4) is 0 Å². The number of fused-ring (bicyclic) bond motifs is 1. The van der Waals surface area contributed by atoms with E-state index in [1.807, 2.05) is 0 Å². The number of halogens is 3. The lowest BCUT2D eigenvalue weighted by molar-refractivity contribution is -0.383. The minimum Gasteiger partial charge on any atom is -0.390 e. The number of aromatic nitrogens is 2. The number of aliphatic hydroxyl groups excluding tert-OH is 1. The van der Waals surface area contributed by atoms with Gasteiger partial charge in [0.2, 0.25) is 16.9 Å². The van der Waals surface area contributed by atoms with Crippen LogP contribution in [-0.2, 0) is 9.47 Å². The summed E-state index contributed by atoms with van der Waals surface area (Å²) in [7, 11) is 0. The Kier molecular flexibility index (Phi) is 5.58. The summed E-state index contributed by atoms with van der Waals surface area (Å²) in [5.41, 5.74) is 0.154. The summed E-state index contributed by atoms with van der Waals surface area (Å²) in [6.07, 6.45) is -1.17. The van der Waals surface area contributed by atoms with Crippen LogP contribution >= 0.6 is 11.6 Å².